The molecule has 0 heterocycles. The molecule has 0 saturated carbocycles. The van der Waals surface area contributed by atoms with Gasteiger partial charge in [-0.05, 0) is 122 Å². The third-order valence-electron chi connectivity index (χ3n) is 13.5. The standard InChI is InChI=1S/2C15H16.C13H14.C11H16.C10H14.C9H12/c1-15(2,13-9-5-3-6-10-13)14-11-7-4-8-12-14;1-12(2)13-8-10-15(11-9-13)14-6-4-3-5-7-14;1-10(2)12-9-5-7-11-6-3-4-8-13(11)12;1-8(2)11-6-5-9(3)10(4)7-11;1-8(2)10-6-4-9(3)5-7-10;1-8(2)9-6-4-3-5-7-9/h2*3-12H,1-2H3;3-10H,1-2H3;5-8H,1-4H3;4-8H,1-3H3;3-8H,1-2H3. The second-order valence-corrected chi connectivity index (χ2v) is 21.4. The molecule has 0 aliphatic carbocycles. The molecule has 0 heteroatoms. The van der Waals surface area contributed by atoms with Crippen LogP contribution in [0.15, 0.2) is 231 Å². The average molecular weight is 966 g/mol. The molecule has 9 rings (SSSR count). The Morgan fingerprint density at radius 2 is 0.658 bits per heavy atom. The number of fused-ring (bicyclic) bond motifs is 1. The van der Waals surface area contributed by atoms with Crippen LogP contribution in [-0.2, 0) is 5.41 Å². The SMILES string of the molecule is CC(C)(c1ccccc1)c1ccccc1.CC(C)c1ccc(-c2ccccc2)cc1.CC(C)c1cccc2ccccc12.CC(C)c1ccccc1.Cc1ccc(C(C)C)cc1.Cc1ccc(C(C)C)cc1C. The predicted molar refractivity (Wildman–Crippen MR) is 325 cm³/mol. The number of benzene rings is 9. The number of aryl methyl sites for hydroxylation is 3. The second kappa shape index (κ2) is 30.3. The van der Waals surface area contributed by atoms with Gasteiger partial charge in [-0.15, -0.1) is 0 Å². The molecular formula is C73H88. The molecule has 0 spiro atoms. The normalized spacial score (nSPS) is 10.7. The van der Waals surface area contributed by atoms with Crippen LogP contribution in [0.4, 0.5) is 0 Å². The monoisotopic (exact) mass is 965 g/mol. The van der Waals surface area contributed by atoms with Crippen LogP contribution >= 0.6 is 0 Å². The van der Waals surface area contributed by atoms with E-state index in [4.69, 9.17) is 0 Å². The number of rotatable bonds is 8. The Balaban J connectivity index is 0.000000192. The maximum absolute atomic E-state index is 2.28. The van der Waals surface area contributed by atoms with Gasteiger partial charge in [-0.3, -0.25) is 0 Å². The van der Waals surface area contributed by atoms with Crippen molar-refractivity contribution in [2.45, 2.75) is 139 Å². The predicted octanol–water partition coefficient (Wildman–Crippen LogP) is 21.8. The van der Waals surface area contributed by atoms with Gasteiger partial charge >= 0.3 is 0 Å². The molecule has 0 nitrogen and oxygen atoms in total. The van der Waals surface area contributed by atoms with Crippen LogP contribution in [0.25, 0.3) is 21.9 Å². The Bertz CT molecular complexity index is 2820. The van der Waals surface area contributed by atoms with Crippen LogP contribution in [-0.4, -0.2) is 0 Å². The van der Waals surface area contributed by atoms with E-state index >= 15 is 0 Å². The average Bonchev–Trinajstić information content (AvgIpc) is 3.41. The summed E-state index contributed by atoms with van der Waals surface area (Å²) in [5, 5.41) is 2.73. The Morgan fingerprint density at radius 1 is 0.288 bits per heavy atom. The van der Waals surface area contributed by atoms with Crippen LogP contribution < -0.4 is 0 Å². The van der Waals surface area contributed by atoms with Crippen molar-refractivity contribution in [2.75, 3.05) is 0 Å². The molecule has 0 aromatic heterocycles. The van der Waals surface area contributed by atoms with Gasteiger partial charge in [-0.2, -0.15) is 0 Å². The summed E-state index contributed by atoms with van der Waals surface area (Å²) < 4.78 is 0. The number of hydrogen-bond acceptors (Lipinski definition) is 0. The first-order chi connectivity index (χ1) is 34.9. The summed E-state index contributed by atoms with van der Waals surface area (Å²) in [6.45, 7) is 33.2. The van der Waals surface area contributed by atoms with Gasteiger partial charge in [0.25, 0.3) is 0 Å². The third-order valence-corrected chi connectivity index (χ3v) is 13.5. The molecule has 380 valence electrons. The molecule has 0 radical (unpaired) electrons. The first-order valence-electron chi connectivity index (χ1n) is 26.8. The van der Waals surface area contributed by atoms with Crippen LogP contribution in [0.1, 0.15) is 168 Å². The first-order valence-corrected chi connectivity index (χ1v) is 26.8. The molecule has 0 aliphatic heterocycles. The molecule has 0 atom stereocenters. The second-order valence-electron chi connectivity index (χ2n) is 21.4. The van der Waals surface area contributed by atoms with Crippen molar-refractivity contribution in [1.82, 2.24) is 0 Å². The van der Waals surface area contributed by atoms with Crippen molar-refractivity contribution >= 4 is 10.8 Å². The summed E-state index contributed by atoms with van der Waals surface area (Å²) in [7, 11) is 0. The van der Waals surface area contributed by atoms with E-state index in [9.17, 15) is 0 Å². The zero-order valence-corrected chi connectivity index (χ0v) is 47.3. The molecule has 9 aromatic carbocycles. The molecule has 0 amide bonds. The fourth-order valence-corrected chi connectivity index (χ4v) is 8.23. The van der Waals surface area contributed by atoms with E-state index in [0.717, 1.165) is 0 Å². The van der Waals surface area contributed by atoms with Gasteiger partial charge in [0.15, 0.2) is 0 Å². The minimum Gasteiger partial charge on any atom is -0.0622 e. The van der Waals surface area contributed by atoms with E-state index in [1.54, 1.807) is 0 Å². The summed E-state index contributed by atoms with van der Waals surface area (Å²) in [5.74, 6) is 3.17. The molecule has 0 N–H and O–H groups in total. The molecule has 0 aliphatic rings. The van der Waals surface area contributed by atoms with Crippen molar-refractivity contribution < 1.29 is 0 Å². The van der Waals surface area contributed by atoms with Crippen molar-refractivity contribution in [3.63, 3.8) is 0 Å². The van der Waals surface area contributed by atoms with Gasteiger partial charge < -0.3 is 0 Å². The van der Waals surface area contributed by atoms with Crippen molar-refractivity contribution in [2.24, 2.45) is 0 Å². The summed E-state index contributed by atoms with van der Waals surface area (Å²) in [6.07, 6.45) is 0. The lowest BCUT2D eigenvalue weighted by atomic mass is 9.78. The highest BCUT2D eigenvalue weighted by Crippen LogP contribution is 2.31. The maximum Gasteiger partial charge on any atom is 0.0146 e. The van der Waals surface area contributed by atoms with Crippen LogP contribution in [0.3, 0.4) is 0 Å². The topological polar surface area (TPSA) is 0 Å². The van der Waals surface area contributed by atoms with E-state index in [2.05, 4.69) is 322 Å². The fourth-order valence-electron chi connectivity index (χ4n) is 8.23. The van der Waals surface area contributed by atoms with Crippen molar-refractivity contribution in [1.29, 1.82) is 0 Å². The van der Waals surface area contributed by atoms with Crippen LogP contribution in [0.5, 0.6) is 0 Å². The molecule has 0 saturated heterocycles. The van der Waals surface area contributed by atoms with E-state index in [1.807, 2.05) is 12.1 Å². The number of hydrogen-bond donors (Lipinski definition) is 0. The van der Waals surface area contributed by atoms with E-state index < -0.39 is 0 Å². The lowest BCUT2D eigenvalue weighted by Crippen LogP contribution is -2.18. The lowest BCUT2D eigenvalue weighted by molar-refractivity contribution is 0.641. The Morgan fingerprint density at radius 3 is 1.10 bits per heavy atom. The van der Waals surface area contributed by atoms with Crippen LogP contribution in [0, 0.1) is 20.8 Å². The smallest absolute Gasteiger partial charge is 0.0146 e. The summed E-state index contributed by atoms with van der Waals surface area (Å²) >= 11 is 0. The fraction of sp³-hybridized carbons (Fsp3) is 0.288. The quantitative estimate of drug-likeness (QED) is 0.142. The van der Waals surface area contributed by atoms with Crippen molar-refractivity contribution in [3.8, 4) is 11.1 Å². The van der Waals surface area contributed by atoms with Crippen molar-refractivity contribution in [3.05, 3.63) is 286 Å². The third kappa shape index (κ3) is 19.6. The Labute approximate surface area is 444 Å². The lowest BCUT2D eigenvalue weighted by Gasteiger charge is -2.25. The zero-order chi connectivity index (χ0) is 53.3. The highest BCUT2D eigenvalue weighted by atomic mass is 14.3. The minimum absolute atomic E-state index is 0.0858. The summed E-state index contributed by atoms with van der Waals surface area (Å²) in [5.41, 5.74) is 16.6. The van der Waals surface area contributed by atoms with Crippen LogP contribution in [0.2, 0.25) is 0 Å². The molecule has 0 bridgehead atoms. The molecule has 9 aromatic rings. The van der Waals surface area contributed by atoms with Gasteiger partial charge in [-0.25, -0.2) is 0 Å². The molecular weight excluding hydrogens is 877 g/mol. The first kappa shape index (κ1) is 58.8. The molecule has 0 fully saturated rings. The van der Waals surface area contributed by atoms with E-state index in [0.29, 0.717) is 29.6 Å². The van der Waals surface area contributed by atoms with Gasteiger partial charge in [0.05, 0.1) is 0 Å². The highest BCUT2D eigenvalue weighted by Gasteiger charge is 2.22. The zero-order valence-electron chi connectivity index (χ0n) is 47.3. The Kier molecular flexibility index (Phi) is 24.4. The highest BCUT2D eigenvalue weighted by molar-refractivity contribution is 5.86. The maximum atomic E-state index is 2.28. The molecule has 73 heavy (non-hydrogen) atoms. The summed E-state index contributed by atoms with van der Waals surface area (Å²) in [6, 6.07) is 81.6. The van der Waals surface area contributed by atoms with Gasteiger partial charge in [0.2, 0.25) is 0 Å². The minimum atomic E-state index is 0.0858. The summed E-state index contributed by atoms with van der Waals surface area (Å²) in [4.78, 5) is 0. The molecule has 0 unspecified atom stereocenters. The van der Waals surface area contributed by atoms with Gasteiger partial charge in [-0.1, -0.05) is 319 Å². The van der Waals surface area contributed by atoms with Gasteiger partial charge in [0.1, 0.15) is 0 Å². The van der Waals surface area contributed by atoms with E-state index in [1.165, 1.54) is 77.5 Å². The Hall–Kier alpha value is -6.76. The van der Waals surface area contributed by atoms with Gasteiger partial charge in [0, 0.05) is 5.41 Å². The van der Waals surface area contributed by atoms with E-state index in [-0.39, 0.29) is 5.41 Å². The largest absolute Gasteiger partial charge is 0.0622 e.